The Hall–Kier alpha value is -0.190. The highest BCUT2D eigenvalue weighted by molar-refractivity contribution is 7.10. The van der Waals surface area contributed by atoms with Crippen molar-refractivity contribution in [2.45, 2.75) is 57.5 Å². The molecule has 0 spiro atoms. The van der Waals surface area contributed by atoms with E-state index in [0.717, 1.165) is 28.5 Å². The lowest BCUT2D eigenvalue weighted by Gasteiger charge is -2.33. The molecule has 1 aliphatic heterocycles. The van der Waals surface area contributed by atoms with Crippen LogP contribution in [0.25, 0.3) is 0 Å². The van der Waals surface area contributed by atoms with Crippen LogP contribution < -0.4 is 0 Å². The van der Waals surface area contributed by atoms with Gasteiger partial charge < -0.3 is 0 Å². The minimum absolute atomic E-state index is 0.767. The Morgan fingerprint density at radius 2 is 2.00 bits per heavy atom. The molecule has 1 atom stereocenters. The molecule has 0 N–H and O–H groups in total. The average molecular weight is 286 g/mol. The molecule has 100 valence electrons. The molecule has 2 heterocycles. The number of hydrogen-bond acceptors (Lipinski definition) is 4. The zero-order valence-electron chi connectivity index (χ0n) is 10.6. The van der Waals surface area contributed by atoms with Crippen LogP contribution in [0.2, 0.25) is 4.34 Å². The van der Waals surface area contributed by atoms with Gasteiger partial charge in [0.2, 0.25) is 0 Å². The van der Waals surface area contributed by atoms with E-state index in [9.17, 15) is 0 Å². The van der Waals surface area contributed by atoms with Gasteiger partial charge >= 0.3 is 0 Å². The van der Waals surface area contributed by atoms with Crippen LogP contribution in [0, 0.1) is 5.92 Å². The van der Waals surface area contributed by atoms with Crippen LogP contribution in [0.5, 0.6) is 0 Å². The van der Waals surface area contributed by atoms with Gasteiger partial charge in [-0.05, 0) is 38.1 Å². The van der Waals surface area contributed by atoms with Gasteiger partial charge in [-0.2, -0.15) is 0 Å². The predicted octanol–water partition coefficient (Wildman–Crippen LogP) is 3.74. The molecule has 5 heteroatoms. The van der Waals surface area contributed by atoms with Crippen LogP contribution in [0.4, 0.5) is 0 Å². The van der Waals surface area contributed by atoms with E-state index >= 15 is 0 Å². The van der Waals surface area contributed by atoms with Crippen LogP contribution >= 0.6 is 23.1 Å². The van der Waals surface area contributed by atoms with Gasteiger partial charge in [-0.1, -0.05) is 35.4 Å². The van der Waals surface area contributed by atoms with Crippen molar-refractivity contribution in [3.05, 3.63) is 10.0 Å². The highest BCUT2D eigenvalue weighted by Crippen LogP contribution is 2.35. The molecule has 2 fully saturated rings. The Labute approximate surface area is 118 Å². The number of likely N-dealkylation sites (tertiary alicyclic amines) is 1. The highest BCUT2D eigenvalue weighted by Gasteiger charge is 2.32. The van der Waals surface area contributed by atoms with Crippen molar-refractivity contribution in [2.75, 3.05) is 6.54 Å². The van der Waals surface area contributed by atoms with E-state index in [1.165, 1.54) is 63.0 Å². The molecule has 1 aromatic heterocycles. The van der Waals surface area contributed by atoms with Crippen LogP contribution in [0.3, 0.4) is 0 Å². The monoisotopic (exact) mass is 285 g/mol. The molecule has 1 aromatic rings. The lowest BCUT2D eigenvalue weighted by atomic mass is 9.83. The minimum Gasteiger partial charge on any atom is -0.294 e. The van der Waals surface area contributed by atoms with Crippen molar-refractivity contribution in [2.24, 2.45) is 5.92 Å². The molecule has 1 saturated carbocycles. The molecule has 0 radical (unpaired) electrons. The number of aromatic nitrogens is 2. The van der Waals surface area contributed by atoms with Gasteiger partial charge in [-0.3, -0.25) is 4.90 Å². The van der Waals surface area contributed by atoms with Gasteiger partial charge in [0.15, 0.2) is 0 Å². The van der Waals surface area contributed by atoms with E-state index in [1.54, 1.807) is 0 Å². The first-order chi connectivity index (χ1) is 8.84. The van der Waals surface area contributed by atoms with Crippen LogP contribution in [-0.2, 0) is 6.54 Å². The fraction of sp³-hybridized carbons (Fsp3) is 0.846. The Morgan fingerprint density at radius 3 is 2.72 bits per heavy atom. The summed E-state index contributed by atoms with van der Waals surface area (Å²) in [5.74, 6) is 0.909. The molecule has 18 heavy (non-hydrogen) atoms. The molecular formula is C13H20ClN3S. The molecule has 0 unspecified atom stereocenters. The Bertz CT molecular complexity index is 389. The standard InChI is InChI=1S/C13H20ClN3S/c14-13-11(15-16-18-13)9-17-8-4-7-12(17)10-5-2-1-3-6-10/h10,12H,1-9H2/t12-/m1/s1. The van der Waals surface area contributed by atoms with E-state index in [4.69, 9.17) is 11.6 Å². The number of nitrogens with zero attached hydrogens (tertiary/aromatic N) is 3. The fourth-order valence-corrected chi connectivity index (χ4v) is 4.20. The fourth-order valence-electron chi connectivity index (χ4n) is 3.58. The maximum atomic E-state index is 6.12. The normalized spacial score (nSPS) is 26.8. The summed E-state index contributed by atoms with van der Waals surface area (Å²) in [6.45, 7) is 2.10. The Kier molecular flexibility index (Phi) is 4.16. The van der Waals surface area contributed by atoms with Gasteiger partial charge in [-0.15, -0.1) is 5.10 Å². The summed E-state index contributed by atoms with van der Waals surface area (Å²) >= 11 is 7.42. The second-order valence-corrected chi connectivity index (χ2v) is 6.93. The molecule has 3 nitrogen and oxygen atoms in total. The second-order valence-electron chi connectivity index (χ2n) is 5.57. The Balaban J connectivity index is 1.65. The molecule has 1 aliphatic carbocycles. The summed E-state index contributed by atoms with van der Waals surface area (Å²) in [5.41, 5.74) is 0.976. The van der Waals surface area contributed by atoms with Gasteiger partial charge in [-0.25, -0.2) is 0 Å². The van der Waals surface area contributed by atoms with Crippen molar-refractivity contribution in [1.29, 1.82) is 0 Å². The number of hydrogen-bond donors (Lipinski definition) is 0. The van der Waals surface area contributed by atoms with E-state index < -0.39 is 0 Å². The van der Waals surface area contributed by atoms with Crippen molar-refractivity contribution in [3.63, 3.8) is 0 Å². The summed E-state index contributed by atoms with van der Waals surface area (Å²) in [4.78, 5) is 2.60. The molecule has 1 saturated heterocycles. The van der Waals surface area contributed by atoms with Crippen LogP contribution in [0.1, 0.15) is 50.6 Å². The third-order valence-electron chi connectivity index (χ3n) is 4.47. The number of halogens is 1. The highest BCUT2D eigenvalue weighted by atomic mass is 35.5. The first-order valence-corrected chi connectivity index (χ1v) is 8.20. The van der Waals surface area contributed by atoms with Gasteiger partial charge in [0.25, 0.3) is 0 Å². The summed E-state index contributed by atoms with van der Waals surface area (Å²) in [5, 5.41) is 4.15. The smallest absolute Gasteiger partial charge is 0.138 e. The summed E-state index contributed by atoms with van der Waals surface area (Å²) in [7, 11) is 0. The van der Waals surface area contributed by atoms with Crippen molar-refractivity contribution in [3.8, 4) is 0 Å². The lowest BCUT2D eigenvalue weighted by molar-refractivity contribution is 0.150. The predicted molar refractivity (Wildman–Crippen MR) is 74.9 cm³/mol. The first kappa shape index (κ1) is 12.8. The molecule has 2 aliphatic rings. The SMILES string of the molecule is Clc1snnc1CN1CCC[C@@H]1C1CCCCC1. The minimum atomic E-state index is 0.767. The zero-order chi connectivity index (χ0) is 12.4. The largest absolute Gasteiger partial charge is 0.294 e. The lowest BCUT2D eigenvalue weighted by Crippen LogP contribution is -2.36. The molecule has 0 aromatic carbocycles. The van der Waals surface area contributed by atoms with E-state index in [0.29, 0.717) is 0 Å². The van der Waals surface area contributed by atoms with E-state index in [1.807, 2.05) is 0 Å². The quantitative estimate of drug-likeness (QED) is 0.847. The second kappa shape index (κ2) is 5.85. The van der Waals surface area contributed by atoms with Crippen LogP contribution in [-0.4, -0.2) is 27.1 Å². The van der Waals surface area contributed by atoms with Gasteiger partial charge in [0.05, 0.1) is 0 Å². The Morgan fingerprint density at radius 1 is 1.17 bits per heavy atom. The third-order valence-corrected chi connectivity index (χ3v) is 5.45. The topological polar surface area (TPSA) is 29.0 Å². The maximum Gasteiger partial charge on any atom is 0.138 e. The van der Waals surface area contributed by atoms with E-state index in [-0.39, 0.29) is 0 Å². The summed E-state index contributed by atoms with van der Waals surface area (Å²) in [6.07, 6.45) is 9.82. The van der Waals surface area contributed by atoms with Crippen molar-refractivity contribution >= 4 is 23.1 Å². The average Bonchev–Trinajstić information content (AvgIpc) is 3.01. The zero-order valence-corrected chi connectivity index (χ0v) is 12.2. The molecule has 3 rings (SSSR count). The summed E-state index contributed by atoms with van der Waals surface area (Å²) in [6, 6.07) is 0.767. The van der Waals surface area contributed by atoms with Crippen molar-refractivity contribution < 1.29 is 0 Å². The molecule has 0 amide bonds. The number of rotatable bonds is 3. The van der Waals surface area contributed by atoms with Crippen molar-refractivity contribution in [1.82, 2.24) is 14.5 Å². The van der Waals surface area contributed by atoms with Gasteiger partial charge in [0, 0.05) is 24.1 Å². The first-order valence-electron chi connectivity index (χ1n) is 7.05. The molecular weight excluding hydrogens is 266 g/mol. The van der Waals surface area contributed by atoms with E-state index in [2.05, 4.69) is 14.5 Å². The van der Waals surface area contributed by atoms with Gasteiger partial charge in [0.1, 0.15) is 10.0 Å². The maximum absolute atomic E-state index is 6.12. The third kappa shape index (κ3) is 2.70. The van der Waals surface area contributed by atoms with Crippen LogP contribution in [0.15, 0.2) is 0 Å². The molecule has 0 bridgehead atoms. The summed E-state index contributed by atoms with van der Waals surface area (Å²) < 4.78 is 4.70.